The van der Waals surface area contributed by atoms with Crippen molar-refractivity contribution in [3.63, 3.8) is 0 Å². The molecule has 0 rings (SSSR count). The van der Waals surface area contributed by atoms with Crippen LogP contribution in [0.1, 0.15) is 34.6 Å². The minimum atomic E-state index is -0.583. The molecule has 0 saturated heterocycles. The van der Waals surface area contributed by atoms with E-state index in [0.717, 1.165) is 19.4 Å². The molecule has 0 spiro atoms. The van der Waals surface area contributed by atoms with E-state index in [0.29, 0.717) is 5.41 Å². The number of carbonyl (C=O) groups excluding carboxylic acids is 1. The standard InChI is InChI=1S/C5H9.C2H3NO.C2H6.3W/c1-5(2,3)4;1-2(3)4;1-2;;;/h1-3H3;1H,(H2,3,4);1-2H3;;;/q-1;;;;;/p-1. The summed E-state index contributed by atoms with van der Waals surface area (Å²) >= 11 is 2.48. The van der Waals surface area contributed by atoms with Gasteiger partial charge in [0.1, 0.15) is 0 Å². The van der Waals surface area contributed by atoms with Gasteiger partial charge >= 0.3 is 90.1 Å². The van der Waals surface area contributed by atoms with Crippen molar-refractivity contribution >= 4 is 14.7 Å². The number of amides is 1. The van der Waals surface area contributed by atoms with Gasteiger partial charge in [-0.05, 0) is 0 Å². The zero-order valence-corrected chi connectivity index (χ0v) is 18.0. The van der Waals surface area contributed by atoms with Gasteiger partial charge in [0.25, 0.3) is 0 Å². The fourth-order valence-corrected chi connectivity index (χ4v) is 0. The number of nitrogens with one attached hydrogen (secondary N) is 1. The van der Waals surface area contributed by atoms with Crippen molar-refractivity contribution in [2.45, 2.75) is 34.6 Å². The monoisotopic (exact) mass is 707 g/mol. The fourth-order valence-electron chi connectivity index (χ4n) is 0. The summed E-state index contributed by atoms with van der Waals surface area (Å²) in [5, 5.41) is 0. The van der Waals surface area contributed by atoms with Crippen LogP contribution in [0.25, 0.3) is 5.73 Å². The normalized spacial score (nSPS) is 7.50. The molecule has 1 amide bonds. The minimum absolute atomic E-state index is 0. The molecule has 0 aliphatic heterocycles. The van der Waals surface area contributed by atoms with Crippen molar-refractivity contribution in [1.82, 2.24) is 0 Å². The van der Waals surface area contributed by atoms with Crippen molar-refractivity contribution in [3.05, 3.63) is 5.73 Å². The van der Waals surface area contributed by atoms with Gasteiger partial charge in [-0.2, -0.15) is 0 Å². The second kappa shape index (κ2) is 16.7. The Kier molecular flexibility index (Phi) is 29.2. The second-order valence-electron chi connectivity index (χ2n) is 2.83. The maximum Gasteiger partial charge on any atom is 0 e. The molecule has 1 N–H and O–H groups in total. The Morgan fingerprint density at radius 1 is 1.36 bits per heavy atom. The largest absolute Gasteiger partial charge is 0 e. The second-order valence-corrected chi connectivity index (χ2v) is 4.41. The number of rotatable bonds is 1. The van der Waals surface area contributed by atoms with Crippen LogP contribution in [0.15, 0.2) is 0 Å². The molecule has 0 aromatic rings. The summed E-state index contributed by atoms with van der Waals surface area (Å²) in [6.07, 6.45) is 0. The molecule has 0 aliphatic rings. The number of hydrogen-bond donors (Lipinski definition) is 0. The summed E-state index contributed by atoms with van der Waals surface area (Å²) < 4.78 is 4.47. The third-order valence-corrected chi connectivity index (χ3v) is 3.38. The van der Waals surface area contributed by atoms with E-state index < -0.39 is 5.91 Å². The molecule has 0 atom stereocenters. The van der Waals surface area contributed by atoms with Crippen LogP contribution in [0, 0.1) is 5.41 Å². The summed E-state index contributed by atoms with van der Waals surface area (Å²) in [6, 6.07) is 0. The summed E-state index contributed by atoms with van der Waals surface area (Å²) in [5.74, 6) is -0.583. The SMILES string of the molecule is CC.CC(C)(C)[C-]=[W].[NH-]C(=O)[CH]=[W].[W]. The molecule has 2 nitrogen and oxygen atoms in total. The van der Waals surface area contributed by atoms with E-state index >= 15 is 0 Å². The van der Waals surface area contributed by atoms with Gasteiger partial charge < -0.3 is 0 Å². The first-order valence-corrected chi connectivity index (χ1v) is 7.09. The molecule has 0 radical (unpaired) electrons. The van der Waals surface area contributed by atoms with Gasteiger partial charge in [0.2, 0.25) is 0 Å². The van der Waals surface area contributed by atoms with Crippen LogP contribution in [-0.2, 0) is 64.6 Å². The Hall–Kier alpha value is 1.27. The molecule has 0 saturated carbocycles. The topological polar surface area (TPSA) is 40.9 Å². The molecule has 0 heterocycles. The number of carbonyl (C=O) groups is 1. The Morgan fingerprint density at radius 2 is 1.50 bits per heavy atom. The molecule has 0 aliphatic carbocycles. The summed E-state index contributed by atoms with van der Waals surface area (Å²) in [7, 11) is 0. The maximum atomic E-state index is 9.44. The molecule has 84 valence electrons. The smallest absolute Gasteiger partial charge is 0 e. The third-order valence-electron chi connectivity index (χ3n) is 0.413. The molecular formula is C9H17NOW3-2. The Labute approximate surface area is 124 Å². The molecule has 5 heteroatoms. The first kappa shape index (κ1) is 24.5. The van der Waals surface area contributed by atoms with Gasteiger partial charge in [-0.3, -0.25) is 0 Å². The molecule has 0 aromatic carbocycles. The van der Waals surface area contributed by atoms with E-state index in [1.807, 2.05) is 13.8 Å². The quantitative estimate of drug-likeness (QED) is 0.386. The van der Waals surface area contributed by atoms with Crippen molar-refractivity contribution < 1.29 is 64.6 Å². The average Bonchev–Trinajstić information content (AvgIpc) is 2.08. The van der Waals surface area contributed by atoms with Crippen LogP contribution in [0.3, 0.4) is 0 Å². The van der Waals surface area contributed by atoms with E-state index in [2.05, 4.69) is 25.2 Å². The summed E-state index contributed by atoms with van der Waals surface area (Å²) in [5.41, 5.74) is 6.48. The number of hydrogen-bond acceptors (Lipinski definition) is 1. The summed E-state index contributed by atoms with van der Waals surface area (Å²) in [6.45, 7) is 10.5. The van der Waals surface area contributed by atoms with Crippen molar-refractivity contribution in [1.29, 1.82) is 0 Å². The van der Waals surface area contributed by atoms with Gasteiger partial charge in [0, 0.05) is 21.1 Å². The zero-order valence-electron chi connectivity index (χ0n) is 9.21. The molecule has 0 bridgehead atoms. The van der Waals surface area contributed by atoms with Crippen LogP contribution < -0.4 is 0 Å². The van der Waals surface area contributed by atoms with Crippen LogP contribution in [0.4, 0.5) is 0 Å². The van der Waals surface area contributed by atoms with Gasteiger partial charge in [-0.25, -0.2) is 0 Å². The Balaban J connectivity index is -0.0000000576. The average molecular weight is 707 g/mol. The van der Waals surface area contributed by atoms with Gasteiger partial charge in [-0.1, -0.05) is 13.8 Å². The first-order valence-electron chi connectivity index (χ1n) is 3.93. The predicted molar refractivity (Wildman–Crippen MR) is 51.2 cm³/mol. The van der Waals surface area contributed by atoms with Gasteiger partial charge in [0.05, 0.1) is 0 Å². The van der Waals surface area contributed by atoms with Crippen LogP contribution in [0.5, 0.6) is 0 Å². The zero-order chi connectivity index (χ0) is 11.5. The van der Waals surface area contributed by atoms with Crippen molar-refractivity contribution in [3.8, 4) is 0 Å². The third kappa shape index (κ3) is 50.8. The van der Waals surface area contributed by atoms with Crippen molar-refractivity contribution in [2.75, 3.05) is 0 Å². The van der Waals surface area contributed by atoms with Crippen molar-refractivity contribution in [2.24, 2.45) is 5.41 Å². The van der Waals surface area contributed by atoms with Crippen LogP contribution in [-0.4, -0.2) is 14.7 Å². The van der Waals surface area contributed by atoms with E-state index in [1.165, 1.54) is 23.8 Å². The van der Waals surface area contributed by atoms with E-state index in [-0.39, 0.29) is 21.1 Å². The van der Waals surface area contributed by atoms with Gasteiger partial charge in [0.15, 0.2) is 0 Å². The van der Waals surface area contributed by atoms with E-state index in [9.17, 15) is 4.79 Å². The maximum absolute atomic E-state index is 9.44. The van der Waals surface area contributed by atoms with E-state index in [1.54, 1.807) is 0 Å². The Morgan fingerprint density at radius 3 is 1.50 bits per heavy atom. The molecule has 0 unspecified atom stereocenters. The van der Waals surface area contributed by atoms with Gasteiger partial charge in [-0.15, -0.1) is 0 Å². The Bertz CT molecular complexity index is 153. The van der Waals surface area contributed by atoms with Crippen LogP contribution in [0.2, 0.25) is 0 Å². The predicted octanol–water partition coefficient (Wildman–Crippen LogP) is 2.20. The fraction of sp³-hybridized carbons (Fsp3) is 0.667. The molecule has 14 heavy (non-hydrogen) atoms. The molecular weight excluding hydrogens is 690 g/mol. The van der Waals surface area contributed by atoms with E-state index in [4.69, 9.17) is 5.73 Å². The van der Waals surface area contributed by atoms with Crippen LogP contribution >= 0.6 is 0 Å². The summed E-state index contributed by atoms with van der Waals surface area (Å²) in [4.78, 5) is 9.44. The molecule has 0 aromatic heterocycles. The minimum Gasteiger partial charge on any atom is 0 e. The molecule has 0 fully saturated rings. The first-order chi connectivity index (χ1) is 5.83.